The van der Waals surface area contributed by atoms with Gasteiger partial charge in [0.25, 0.3) is 0 Å². The maximum absolute atomic E-state index is 13.3. The van der Waals surface area contributed by atoms with Crippen molar-refractivity contribution in [3.05, 3.63) is 87.9 Å². The van der Waals surface area contributed by atoms with Crippen molar-refractivity contribution in [1.29, 1.82) is 0 Å². The normalized spacial score (nSPS) is 18.0. The molecule has 1 amide bonds. The van der Waals surface area contributed by atoms with Crippen molar-refractivity contribution in [3.8, 4) is 0 Å². The number of piperidine rings is 1. The molecule has 0 saturated carbocycles. The Morgan fingerprint density at radius 3 is 2.75 bits per heavy atom. The van der Waals surface area contributed by atoms with Crippen molar-refractivity contribution < 1.29 is 9.59 Å². The number of carbonyl (C=O) groups excluding carboxylic acids is 2. The highest BCUT2D eigenvalue weighted by molar-refractivity contribution is 9.10. The molecule has 1 aliphatic heterocycles. The van der Waals surface area contributed by atoms with Crippen LogP contribution in [0.3, 0.4) is 0 Å². The van der Waals surface area contributed by atoms with Gasteiger partial charge in [0.1, 0.15) is 5.82 Å². The number of pyridine rings is 1. The van der Waals surface area contributed by atoms with Crippen LogP contribution in [0, 0.1) is 0 Å². The van der Waals surface area contributed by atoms with Crippen molar-refractivity contribution in [2.24, 2.45) is 0 Å². The minimum atomic E-state index is -0.356. The molecule has 2 aliphatic rings. The summed E-state index contributed by atoms with van der Waals surface area (Å²) in [4.78, 5) is 36.7. The highest BCUT2D eigenvalue weighted by atomic mass is 79.9. The van der Waals surface area contributed by atoms with E-state index in [0.29, 0.717) is 25.2 Å². The van der Waals surface area contributed by atoms with Gasteiger partial charge in [0.2, 0.25) is 5.91 Å². The lowest BCUT2D eigenvalue weighted by Gasteiger charge is -2.33. The molecule has 1 unspecified atom stereocenters. The molecule has 1 fully saturated rings. The van der Waals surface area contributed by atoms with Crippen LogP contribution in [0.1, 0.15) is 58.3 Å². The minimum absolute atomic E-state index is 0.0625. The van der Waals surface area contributed by atoms with E-state index in [1.165, 1.54) is 0 Å². The van der Waals surface area contributed by atoms with E-state index in [-0.39, 0.29) is 29.9 Å². The predicted molar refractivity (Wildman–Crippen MR) is 139 cm³/mol. The van der Waals surface area contributed by atoms with E-state index < -0.39 is 0 Å². The van der Waals surface area contributed by atoms with Gasteiger partial charge in [0.05, 0.1) is 16.6 Å². The van der Waals surface area contributed by atoms with Crippen LogP contribution < -0.4 is 5.32 Å². The summed E-state index contributed by atoms with van der Waals surface area (Å²) in [6.07, 6.45) is 7.28. The van der Waals surface area contributed by atoms with E-state index in [1.54, 1.807) is 16.9 Å². The number of Topliss-reactive ketones (excluding diaryl/α,β-unsaturated/α-hetero) is 1. The van der Waals surface area contributed by atoms with Gasteiger partial charge in [0.15, 0.2) is 11.4 Å². The number of ketones is 1. The van der Waals surface area contributed by atoms with E-state index >= 15 is 0 Å². The molecule has 6 rings (SSSR count). The number of fused-ring (bicyclic) bond motifs is 2. The average Bonchev–Trinajstić information content (AvgIpc) is 3.47. The van der Waals surface area contributed by atoms with Gasteiger partial charge in [-0.2, -0.15) is 9.61 Å². The Labute approximate surface area is 216 Å². The number of likely N-dealkylation sites (tertiary alicyclic amines) is 1. The van der Waals surface area contributed by atoms with Crippen molar-refractivity contribution in [3.63, 3.8) is 0 Å². The zero-order valence-electron chi connectivity index (χ0n) is 19.6. The van der Waals surface area contributed by atoms with Gasteiger partial charge in [-0.1, -0.05) is 30.3 Å². The Balaban J connectivity index is 1.18. The van der Waals surface area contributed by atoms with Gasteiger partial charge in [0, 0.05) is 61.7 Å². The third-order valence-corrected chi connectivity index (χ3v) is 7.75. The third-order valence-electron chi connectivity index (χ3n) is 7.19. The van der Waals surface area contributed by atoms with Gasteiger partial charge < -0.3 is 10.2 Å². The van der Waals surface area contributed by atoms with Crippen LogP contribution in [-0.4, -0.2) is 49.3 Å². The third kappa shape index (κ3) is 4.17. The summed E-state index contributed by atoms with van der Waals surface area (Å²) in [5.41, 5.74) is 4.40. The van der Waals surface area contributed by atoms with Gasteiger partial charge in [-0.25, -0.2) is 4.98 Å². The second kappa shape index (κ2) is 9.46. The Bertz CT molecular complexity index is 1450. The SMILES string of the molecule is O=C1CC(C(=O)N2CCC(c3cc(NCc4cccnc4)n4ncc(Br)c4n3)CC2)c2ccccc21. The Hall–Kier alpha value is -3.59. The summed E-state index contributed by atoms with van der Waals surface area (Å²) in [6, 6.07) is 13.5. The topological polar surface area (TPSA) is 92.5 Å². The van der Waals surface area contributed by atoms with Gasteiger partial charge in [-0.05, 0) is 46.0 Å². The van der Waals surface area contributed by atoms with Crippen LogP contribution in [0.25, 0.3) is 5.65 Å². The standard InChI is InChI=1S/C27H25BrN6O2/c28-22-16-31-34-25(30-15-17-4-3-9-29-14-17)13-23(32-26(22)34)18-7-10-33(11-8-18)27(36)21-12-24(35)20-6-2-1-5-19(20)21/h1-6,9,13-14,16,18,21,30H,7-8,10-12,15H2. The maximum Gasteiger partial charge on any atom is 0.230 e. The Morgan fingerprint density at radius 1 is 1.11 bits per heavy atom. The molecule has 1 atom stereocenters. The molecule has 8 nitrogen and oxygen atoms in total. The smallest absolute Gasteiger partial charge is 0.230 e. The summed E-state index contributed by atoms with van der Waals surface area (Å²) < 4.78 is 2.64. The number of nitrogens with one attached hydrogen (secondary N) is 1. The lowest BCUT2D eigenvalue weighted by Crippen LogP contribution is -2.40. The molecule has 182 valence electrons. The lowest BCUT2D eigenvalue weighted by atomic mass is 9.91. The molecule has 0 bridgehead atoms. The Morgan fingerprint density at radius 2 is 1.94 bits per heavy atom. The quantitative estimate of drug-likeness (QED) is 0.395. The van der Waals surface area contributed by atoms with Crippen LogP contribution in [0.15, 0.2) is 65.5 Å². The highest BCUT2D eigenvalue weighted by Crippen LogP contribution is 2.36. The molecular weight excluding hydrogens is 520 g/mol. The summed E-state index contributed by atoms with van der Waals surface area (Å²) in [6.45, 7) is 1.93. The fraction of sp³-hybridized carbons (Fsp3) is 0.296. The first kappa shape index (κ1) is 22.8. The number of carbonyl (C=O) groups is 2. The molecule has 1 aromatic carbocycles. The van der Waals surface area contributed by atoms with E-state index in [0.717, 1.165) is 45.6 Å². The first-order valence-corrected chi connectivity index (χ1v) is 13.0. The molecule has 1 saturated heterocycles. The van der Waals surface area contributed by atoms with E-state index in [2.05, 4.69) is 37.4 Å². The van der Waals surface area contributed by atoms with Crippen molar-refractivity contribution >= 4 is 39.1 Å². The largest absolute Gasteiger partial charge is 0.366 e. The highest BCUT2D eigenvalue weighted by Gasteiger charge is 2.37. The summed E-state index contributed by atoms with van der Waals surface area (Å²) >= 11 is 3.58. The van der Waals surface area contributed by atoms with Crippen molar-refractivity contribution in [2.45, 2.75) is 37.6 Å². The monoisotopic (exact) mass is 544 g/mol. The van der Waals surface area contributed by atoms with Crippen LogP contribution in [-0.2, 0) is 11.3 Å². The van der Waals surface area contributed by atoms with Gasteiger partial charge >= 0.3 is 0 Å². The fourth-order valence-corrected chi connectivity index (χ4v) is 5.63. The van der Waals surface area contributed by atoms with E-state index in [4.69, 9.17) is 4.98 Å². The Kier molecular flexibility index (Phi) is 6.00. The van der Waals surface area contributed by atoms with Gasteiger partial charge in [-0.3, -0.25) is 14.6 Å². The maximum atomic E-state index is 13.3. The lowest BCUT2D eigenvalue weighted by molar-refractivity contribution is -0.133. The predicted octanol–water partition coefficient (Wildman–Crippen LogP) is 4.58. The first-order valence-electron chi connectivity index (χ1n) is 12.2. The number of hydrogen-bond donors (Lipinski definition) is 1. The van der Waals surface area contributed by atoms with Crippen LogP contribution in [0.2, 0.25) is 0 Å². The zero-order valence-corrected chi connectivity index (χ0v) is 21.2. The number of hydrogen-bond acceptors (Lipinski definition) is 6. The number of amides is 1. The second-order valence-corrected chi connectivity index (χ2v) is 10.2. The average molecular weight is 545 g/mol. The second-order valence-electron chi connectivity index (χ2n) is 9.38. The minimum Gasteiger partial charge on any atom is -0.366 e. The number of anilines is 1. The fourth-order valence-electron chi connectivity index (χ4n) is 5.28. The molecule has 36 heavy (non-hydrogen) atoms. The zero-order chi connectivity index (χ0) is 24.6. The number of halogens is 1. The summed E-state index contributed by atoms with van der Waals surface area (Å²) in [7, 11) is 0. The summed E-state index contributed by atoms with van der Waals surface area (Å²) in [5.74, 6) is 0.869. The van der Waals surface area contributed by atoms with Crippen molar-refractivity contribution in [2.75, 3.05) is 18.4 Å². The molecular formula is C27H25BrN6O2. The molecule has 0 spiro atoms. The van der Waals surface area contributed by atoms with E-state index in [1.807, 2.05) is 47.5 Å². The number of benzene rings is 1. The number of nitrogens with zero attached hydrogens (tertiary/aromatic N) is 5. The van der Waals surface area contributed by atoms with Crippen molar-refractivity contribution in [1.82, 2.24) is 24.5 Å². The molecule has 0 radical (unpaired) electrons. The number of aromatic nitrogens is 4. The molecule has 1 aliphatic carbocycles. The first-order chi connectivity index (χ1) is 17.6. The molecule has 9 heteroatoms. The number of rotatable bonds is 5. The molecule has 3 aromatic heterocycles. The van der Waals surface area contributed by atoms with E-state index in [9.17, 15) is 9.59 Å². The van der Waals surface area contributed by atoms with Gasteiger partial charge in [-0.15, -0.1) is 0 Å². The van der Waals surface area contributed by atoms with Crippen LogP contribution in [0.5, 0.6) is 0 Å². The molecule has 4 heterocycles. The van der Waals surface area contributed by atoms with Crippen LogP contribution in [0.4, 0.5) is 5.82 Å². The molecule has 1 N–H and O–H groups in total. The summed E-state index contributed by atoms with van der Waals surface area (Å²) in [5, 5.41) is 7.95. The molecule has 4 aromatic rings. The van der Waals surface area contributed by atoms with Crippen LogP contribution >= 0.6 is 15.9 Å².